The summed E-state index contributed by atoms with van der Waals surface area (Å²) < 4.78 is 13.3. The van der Waals surface area contributed by atoms with Gasteiger partial charge in [-0.05, 0) is 40.8 Å². The van der Waals surface area contributed by atoms with Gasteiger partial charge in [0.25, 0.3) is 5.91 Å². The third kappa shape index (κ3) is 5.46. The molecule has 0 aromatic heterocycles. The molecule has 0 fully saturated rings. The fourth-order valence-corrected chi connectivity index (χ4v) is 1.66. The van der Waals surface area contributed by atoms with Crippen LogP contribution in [0.3, 0.4) is 0 Å². The van der Waals surface area contributed by atoms with E-state index in [2.05, 4.69) is 5.32 Å². The molecule has 0 saturated heterocycles. The highest BCUT2D eigenvalue weighted by molar-refractivity contribution is 14.1. The second kappa shape index (κ2) is 6.83. The van der Waals surface area contributed by atoms with Gasteiger partial charge in [0.2, 0.25) is 0 Å². The topological polar surface area (TPSA) is 95.5 Å². The number of amides is 3. The van der Waals surface area contributed by atoms with Gasteiger partial charge in [-0.2, -0.15) is 0 Å². The molecule has 1 rings (SSSR count). The van der Waals surface area contributed by atoms with Crippen LogP contribution in [0.5, 0.6) is 0 Å². The molecule has 6 nitrogen and oxygen atoms in total. The summed E-state index contributed by atoms with van der Waals surface area (Å²) in [7, 11) is 0. The number of hydrogen-bond acceptors (Lipinski definition) is 3. The Morgan fingerprint density at radius 2 is 1.95 bits per heavy atom. The number of anilines is 1. The van der Waals surface area contributed by atoms with E-state index in [-0.39, 0.29) is 0 Å². The van der Waals surface area contributed by atoms with E-state index in [0.717, 1.165) is 6.07 Å². The zero-order chi connectivity index (χ0) is 14.4. The smallest absolute Gasteiger partial charge is 0.328 e. The summed E-state index contributed by atoms with van der Waals surface area (Å²) in [5.41, 5.74) is 0.328. The van der Waals surface area contributed by atoms with Gasteiger partial charge in [0.05, 0.1) is 5.69 Å². The van der Waals surface area contributed by atoms with E-state index in [4.69, 9.17) is 5.11 Å². The van der Waals surface area contributed by atoms with Gasteiger partial charge in [-0.25, -0.2) is 14.0 Å². The van der Waals surface area contributed by atoms with Crippen LogP contribution in [0.4, 0.5) is 14.9 Å². The van der Waals surface area contributed by atoms with Crippen molar-refractivity contribution in [1.29, 1.82) is 0 Å². The molecule has 0 saturated carbocycles. The number of benzene rings is 1. The average Bonchev–Trinajstić information content (AvgIpc) is 2.30. The Kier molecular flexibility index (Phi) is 5.42. The molecular weight excluding hydrogens is 370 g/mol. The van der Waals surface area contributed by atoms with Gasteiger partial charge in [0.1, 0.15) is 5.82 Å². The first-order valence-corrected chi connectivity index (χ1v) is 5.94. The van der Waals surface area contributed by atoms with Crippen molar-refractivity contribution in [2.45, 2.75) is 0 Å². The second-order valence-corrected chi connectivity index (χ2v) is 4.40. The predicted molar refractivity (Wildman–Crippen MR) is 73.1 cm³/mol. The molecule has 0 atom stereocenters. The van der Waals surface area contributed by atoms with Crippen LogP contribution in [0.15, 0.2) is 30.4 Å². The van der Waals surface area contributed by atoms with Crippen molar-refractivity contribution < 1.29 is 23.9 Å². The van der Waals surface area contributed by atoms with Gasteiger partial charge in [-0.1, -0.05) is 0 Å². The minimum absolute atomic E-state index is 0.328. The normalized spacial score (nSPS) is 10.2. The maximum atomic E-state index is 12.8. The minimum Gasteiger partial charge on any atom is -0.478 e. The van der Waals surface area contributed by atoms with Crippen molar-refractivity contribution in [1.82, 2.24) is 5.32 Å². The number of rotatable bonds is 3. The maximum absolute atomic E-state index is 12.8. The van der Waals surface area contributed by atoms with E-state index in [1.165, 1.54) is 12.1 Å². The van der Waals surface area contributed by atoms with Crippen LogP contribution in [0.25, 0.3) is 0 Å². The van der Waals surface area contributed by atoms with Crippen LogP contribution in [0, 0.1) is 9.39 Å². The minimum atomic E-state index is -1.30. The molecule has 0 radical (unpaired) electrons. The number of urea groups is 1. The zero-order valence-corrected chi connectivity index (χ0v) is 11.5. The molecule has 8 heteroatoms. The summed E-state index contributed by atoms with van der Waals surface area (Å²) in [4.78, 5) is 32.6. The number of carbonyl (C=O) groups is 3. The maximum Gasteiger partial charge on any atom is 0.328 e. The Bertz CT molecular complexity index is 560. The number of imide groups is 1. The zero-order valence-electron chi connectivity index (χ0n) is 9.31. The van der Waals surface area contributed by atoms with Crippen molar-refractivity contribution in [2.24, 2.45) is 0 Å². The molecule has 3 amide bonds. The van der Waals surface area contributed by atoms with E-state index < -0.39 is 23.7 Å². The van der Waals surface area contributed by atoms with E-state index in [9.17, 15) is 18.8 Å². The lowest BCUT2D eigenvalue weighted by molar-refractivity contribution is -0.131. The molecule has 0 unspecified atom stereocenters. The molecule has 19 heavy (non-hydrogen) atoms. The molecule has 0 aliphatic rings. The highest BCUT2D eigenvalue weighted by Crippen LogP contribution is 2.18. The van der Waals surface area contributed by atoms with E-state index in [1.807, 2.05) is 27.9 Å². The van der Waals surface area contributed by atoms with Crippen molar-refractivity contribution in [3.05, 3.63) is 39.7 Å². The van der Waals surface area contributed by atoms with Crippen molar-refractivity contribution in [3.63, 3.8) is 0 Å². The van der Waals surface area contributed by atoms with E-state index in [1.54, 1.807) is 0 Å². The quantitative estimate of drug-likeness (QED) is 0.552. The van der Waals surface area contributed by atoms with Gasteiger partial charge < -0.3 is 10.4 Å². The Balaban J connectivity index is 2.60. The first-order valence-electron chi connectivity index (χ1n) is 4.86. The first-order chi connectivity index (χ1) is 8.88. The molecule has 1 aromatic rings. The number of carboxylic acid groups (broad SMARTS) is 1. The highest BCUT2D eigenvalue weighted by atomic mass is 127. The SMILES string of the molecule is O=C(O)C=CC(=O)NC(=O)Nc1ccc(F)cc1I. The second-order valence-electron chi connectivity index (χ2n) is 3.24. The summed E-state index contributed by atoms with van der Waals surface area (Å²) in [6.45, 7) is 0. The number of aliphatic carboxylic acids is 1. The molecular formula is C11H8FIN2O4. The standard InChI is InChI=1S/C11H8FIN2O4/c12-6-1-2-8(7(13)5-6)14-11(19)15-9(16)3-4-10(17)18/h1-5H,(H,17,18)(H2,14,15,16,19). The highest BCUT2D eigenvalue weighted by Gasteiger charge is 2.08. The molecule has 0 aliphatic heterocycles. The summed E-state index contributed by atoms with van der Waals surface area (Å²) >= 11 is 1.82. The lowest BCUT2D eigenvalue weighted by atomic mass is 10.3. The molecule has 0 bridgehead atoms. The van der Waals surface area contributed by atoms with Crippen molar-refractivity contribution >= 4 is 46.2 Å². The largest absolute Gasteiger partial charge is 0.478 e. The number of hydrogen-bond donors (Lipinski definition) is 3. The fourth-order valence-electron chi connectivity index (χ4n) is 1.04. The predicted octanol–water partition coefficient (Wildman–Crippen LogP) is 1.72. The fraction of sp³-hybridized carbons (Fsp3) is 0. The number of nitrogens with one attached hydrogen (secondary N) is 2. The monoisotopic (exact) mass is 378 g/mol. The van der Waals surface area contributed by atoms with Crippen LogP contribution in [-0.4, -0.2) is 23.0 Å². The van der Waals surface area contributed by atoms with Crippen LogP contribution in [-0.2, 0) is 9.59 Å². The third-order valence-corrected chi connectivity index (χ3v) is 2.69. The van der Waals surface area contributed by atoms with E-state index >= 15 is 0 Å². The summed E-state index contributed by atoms with van der Waals surface area (Å²) in [6, 6.07) is 2.87. The lowest BCUT2D eigenvalue weighted by Gasteiger charge is -2.07. The Morgan fingerprint density at radius 1 is 1.26 bits per heavy atom. The molecule has 0 aliphatic carbocycles. The number of halogens is 2. The Morgan fingerprint density at radius 3 is 2.53 bits per heavy atom. The molecule has 1 aromatic carbocycles. The van der Waals surface area contributed by atoms with E-state index in [0.29, 0.717) is 21.4 Å². The van der Waals surface area contributed by atoms with Gasteiger partial charge in [-0.15, -0.1) is 0 Å². The Labute approximate surface area is 120 Å². The molecule has 0 spiro atoms. The van der Waals surface area contributed by atoms with Crippen LogP contribution in [0.2, 0.25) is 0 Å². The molecule has 3 N–H and O–H groups in total. The molecule has 0 heterocycles. The summed E-state index contributed by atoms with van der Waals surface area (Å²) in [6.07, 6.45) is 1.31. The van der Waals surface area contributed by atoms with Crippen LogP contribution in [0.1, 0.15) is 0 Å². The Hall–Kier alpha value is -1.97. The lowest BCUT2D eigenvalue weighted by Crippen LogP contribution is -2.33. The number of carboxylic acids is 1. The average molecular weight is 378 g/mol. The molecule has 100 valence electrons. The van der Waals surface area contributed by atoms with Crippen molar-refractivity contribution in [2.75, 3.05) is 5.32 Å². The van der Waals surface area contributed by atoms with Gasteiger partial charge in [-0.3, -0.25) is 10.1 Å². The van der Waals surface area contributed by atoms with Crippen LogP contribution >= 0.6 is 22.6 Å². The van der Waals surface area contributed by atoms with Gasteiger partial charge in [0.15, 0.2) is 0 Å². The summed E-state index contributed by atoms with van der Waals surface area (Å²) in [5, 5.41) is 12.5. The van der Waals surface area contributed by atoms with Crippen LogP contribution < -0.4 is 10.6 Å². The van der Waals surface area contributed by atoms with Gasteiger partial charge in [0, 0.05) is 15.7 Å². The van der Waals surface area contributed by atoms with Gasteiger partial charge >= 0.3 is 12.0 Å². The summed E-state index contributed by atoms with van der Waals surface area (Å²) in [5.74, 6) is -2.63. The third-order valence-electron chi connectivity index (χ3n) is 1.79. The number of carbonyl (C=O) groups excluding carboxylic acids is 2. The van der Waals surface area contributed by atoms with Crippen molar-refractivity contribution in [3.8, 4) is 0 Å². The first kappa shape index (κ1) is 15.1.